The smallest absolute Gasteiger partial charge is 0.373 e. The quantitative estimate of drug-likeness (QED) is 0.877. The Hall–Kier alpha value is -2.30. The molecule has 5 heteroatoms. The molecule has 0 saturated heterocycles. The Labute approximate surface area is 104 Å². The van der Waals surface area contributed by atoms with Crippen molar-refractivity contribution >= 4 is 5.97 Å². The summed E-state index contributed by atoms with van der Waals surface area (Å²) in [5.41, 5.74) is 1.17. The van der Waals surface area contributed by atoms with Gasteiger partial charge in [-0.25, -0.2) is 9.78 Å². The van der Waals surface area contributed by atoms with Crippen molar-refractivity contribution < 1.29 is 19.1 Å². The van der Waals surface area contributed by atoms with Gasteiger partial charge in [0.15, 0.2) is 5.89 Å². The van der Waals surface area contributed by atoms with E-state index in [9.17, 15) is 4.79 Å². The van der Waals surface area contributed by atoms with Crippen LogP contribution in [0.4, 0.5) is 0 Å². The van der Waals surface area contributed by atoms with E-state index in [1.54, 1.807) is 0 Å². The Morgan fingerprint density at radius 2 is 2.11 bits per heavy atom. The van der Waals surface area contributed by atoms with Crippen molar-refractivity contribution in [3.8, 4) is 5.75 Å². The summed E-state index contributed by atoms with van der Waals surface area (Å²) in [6.45, 7) is 2.40. The second-order valence-corrected chi connectivity index (χ2v) is 3.83. The molecular weight excluding hydrogens is 234 g/mol. The number of hydrogen-bond donors (Lipinski definition) is 1. The van der Waals surface area contributed by atoms with Gasteiger partial charge in [-0.1, -0.05) is 17.7 Å². The van der Waals surface area contributed by atoms with E-state index in [2.05, 4.69) is 4.98 Å². The number of nitrogens with zero attached hydrogens (tertiary/aromatic N) is 1. The lowest BCUT2D eigenvalue weighted by atomic mass is 10.2. The van der Waals surface area contributed by atoms with E-state index in [1.165, 1.54) is 11.8 Å². The molecule has 18 heavy (non-hydrogen) atoms. The summed E-state index contributed by atoms with van der Waals surface area (Å²) < 4.78 is 10.5. The maximum Gasteiger partial charge on any atom is 0.373 e. The van der Waals surface area contributed by atoms with Crippen LogP contribution in [0.3, 0.4) is 0 Å². The van der Waals surface area contributed by atoms with Crippen molar-refractivity contribution in [3.05, 3.63) is 47.7 Å². The zero-order valence-corrected chi connectivity index (χ0v) is 9.92. The zero-order valence-electron chi connectivity index (χ0n) is 9.92. The largest absolute Gasteiger partial charge is 0.493 e. The van der Waals surface area contributed by atoms with Gasteiger partial charge in [0.05, 0.1) is 19.2 Å². The van der Waals surface area contributed by atoms with E-state index in [1.807, 2.05) is 31.2 Å². The van der Waals surface area contributed by atoms with E-state index in [0.29, 0.717) is 18.9 Å². The Kier molecular flexibility index (Phi) is 3.62. The lowest BCUT2D eigenvalue weighted by Crippen LogP contribution is -2.01. The molecule has 0 fully saturated rings. The van der Waals surface area contributed by atoms with Gasteiger partial charge in [-0.3, -0.25) is 0 Å². The average Bonchev–Trinajstić information content (AvgIpc) is 2.81. The average molecular weight is 247 g/mol. The van der Waals surface area contributed by atoms with E-state index in [4.69, 9.17) is 14.3 Å². The van der Waals surface area contributed by atoms with Crippen LogP contribution in [0.5, 0.6) is 5.75 Å². The van der Waals surface area contributed by atoms with Crippen molar-refractivity contribution in [2.24, 2.45) is 0 Å². The predicted molar refractivity (Wildman–Crippen MR) is 63.8 cm³/mol. The van der Waals surface area contributed by atoms with Gasteiger partial charge in [-0.2, -0.15) is 0 Å². The minimum Gasteiger partial charge on any atom is -0.493 e. The van der Waals surface area contributed by atoms with Crippen LogP contribution in [-0.2, 0) is 6.42 Å². The second kappa shape index (κ2) is 5.35. The van der Waals surface area contributed by atoms with E-state index < -0.39 is 5.97 Å². The van der Waals surface area contributed by atoms with Gasteiger partial charge in [-0.05, 0) is 19.1 Å². The summed E-state index contributed by atoms with van der Waals surface area (Å²) in [6, 6.07) is 7.69. The fraction of sp³-hybridized carbons (Fsp3) is 0.231. The molecule has 0 atom stereocenters. The molecule has 1 heterocycles. The van der Waals surface area contributed by atoms with Crippen molar-refractivity contribution in [2.75, 3.05) is 6.61 Å². The van der Waals surface area contributed by atoms with Gasteiger partial charge in [0.2, 0.25) is 5.76 Å². The van der Waals surface area contributed by atoms with E-state index >= 15 is 0 Å². The molecule has 0 aliphatic rings. The Morgan fingerprint density at radius 3 is 2.72 bits per heavy atom. The molecule has 2 aromatic rings. The lowest BCUT2D eigenvalue weighted by Gasteiger charge is -2.04. The first-order chi connectivity index (χ1) is 8.65. The maximum atomic E-state index is 10.6. The monoisotopic (exact) mass is 247 g/mol. The summed E-state index contributed by atoms with van der Waals surface area (Å²) in [6.07, 6.45) is 1.63. The predicted octanol–water partition coefficient (Wildman–Crippen LogP) is 2.30. The fourth-order valence-corrected chi connectivity index (χ4v) is 1.42. The Bertz CT molecular complexity index is 530. The van der Waals surface area contributed by atoms with Gasteiger partial charge >= 0.3 is 5.97 Å². The molecule has 5 nitrogen and oxygen atoms in total. The van der Waals surface area contributed by atoms with Gasteiger partial charge in [0, 0.05) is 0 Å². The molecule has 0 amide bonds. The van der Waals surface area contributed by atoms with Crippen LogP contribution in [0, 0.1) is 6.92 Å². The van der Waals surface area contributed by atoms with Crippen LogP contribution in [0.2, 0.25) is 0 Å². The molecule has 1 aromatic heterocycles. The van der Waals surface area contributed by atoms with Gasteiger partial charge < -0.3 is 14.3 Å². The van der Waals surface area contributed by atoms with E-state index in [0.717, 1.165) is 5.75 Å². The number of carboxylic acid groups (broad SMARTS) is 1. The number of ether oxygens (including phenoxy) is 1. The number of hydrogen-bond acceptors (Lipinski definition) is 4. The second-order valence-electron chi connectivity index (χ2n) is 3.83. The lowest BCUT2D eigenvalue weighted by molar-refractivity contribution is 0.0660. The molecule has 1 aromatic carbocycles. The number of aryl methyl sites for hydroxylation is 1. The molecular formula is C13H13NO4. The van der Waals surface area contributed by atoms with Crippen molar-refractivity contribution in [1.29, 1.82) is 0 Å². The first-order valence-corrected chi connectivity index (χ1v) is 5.52. The molecule has 1 N–H and O–H groups in total. The molecule has 0 aliphatic heterocycles. The first kappa shape index (κ1) is 12.2. The highest BCUT2D eigenvalue weighted by molar-refractivity contribution is 5.83. The highest BCUT2D eigenvalue weighted by Crippen LogP contribution is 2.12. The number of carboxylic acids is 1. The number of aromatic nitrogens is 1. The summed E-state index contributed by atoms with van der Waals surface area (Å²) >= 11 is 0. The number of aromatic carboxylic acids is 1. The van der Waals surface area contributed by atoms with Crippen LogP contribution in [-0.4, -0.2) is 22.7 Å². The number of benzene rings is 1. The third-order valence-electron chi connectivity index (χ3n) is 2.37. The minimum absolute atomic E-state index is 0.152. The van der Waals surface area contributed by atoms with Crippen LogP contribution in [0.25, 0.3) is 0 Å². The summed E-state index contributed by atoms with van der Waals surface area (Å²) in [7, 11) is 0. The van der Waals surface area contributed by atoms with Crippen LogP contribution < -0.4 is 4.74 Å². The Balaban J connectivity index is 1.84. The first-order valence-electron chi connectivity index (χ1n) is 5.52. The van der Waals surface area contributed by atoms with Crippen LogP contribution >= 0.6 is 0 Å². The SMILES string of the molecule is Cc1ccc(OCCc2ncc(C(=O)O)o2)cc1. The third kappa shape index (κ3) is 3.10. The van der Waals surface area contributed by atoms with Crippen LogP contribution in [0.15, 0.2) is 34.9 Å². The number of carbonyl (C=O) groups is 1. The molecule has 0 bridgehead atoms. The fourth-order valence-electron chi connectivity index (χ4n) is 1.42. The standard InChI is InChI=1S/C13H13NO4/c1-9-2-4-10(5-3-9)17-7-6-12-14-8-11(18-12)13(15)16/h2-5,8H,6-7H2,1H3,(H,15,16). The van der Waals surface area contributed by atoms with Gasteiger partial charge in [0.25, 0.3) is 0 Å². The van der Waals surface area contributed by atoms with Gasteiger partial charge in [-0.15, -0.1) is 0 Å². The van der Waals surface area contributed by atoms with Gasteiger partial charge in [0.1, 0.15) is 5.75 Å². The minimum atomic E-state index is -1.12. The number of oxazole rings is 1. The zero-order chi connectivity index (χ0) is 13.0. The van der Waals surface area contributed by atoms with Crippen LogP contribution in [0.1, 0.15) is 22.0 Å². The molecule has 0 saturated carbocycles. The summed E-state index contributed by atoms with van der Waals surface area (Å²) in [5.74, 6) is -0.140. The topological polar surface area (TPSA) is 72.6 Å². The summed E-state index contributed by atoms with van der Waals surface area (Å²) in [5, 5.41) is 8.66. The molecule has 0 unspecified atom stereocenters. The van der Waals surface area contributed by atoms with E-state index in [-0.39, 0.29) is 5.76 Å². The number of rotatable bonds is 5. The summed E-state index contributed by atoms with van der Waals surface area (Å²) in [4.78, 5) is 14.4. The Morgan fingerprint density at radius 1 is 1.39 bits per heavy atom. The molecule has 0 aliphatic carbocycles. The van der Waals surface area contributed by atoms with Crippen molar-refractivity contribution in [3.63, 3.8) is 0 Å². The third-order valence-corrected chi connectivity index (χ3v) is 2.37. The normalized spacial score (nSPS) is 10.3. The van der Waals surface area contributed by atoms with Crippen molar-refractivity contribution in [2.45, 2.75) is 13.3 Å². The highest BCUT2D eigenvalue weighted by Gasteiger charge is 2.10. The molecule has 94 valence electrons. The molecule has 0 spiro atoms. The highest BCUT2D eigenvalue weighted by atomic mass is 16.5. The molecule has 2 rings (SSSR count). The van der Waals surface area contributed by atoms with Crippen molar-refractivity contribution in [1.82, 2.24) is 4.98 Å². The molecule has 0 radical (unpaired) electrons. The maximum absolute atomic E-state index is 10.6.